The van der Waals surface area contributed by atoms with E-state index in [0.717, 1.165) is 23.1 Å². The molecule has 1 aromatic carbocycles. The Kier molecular flexibility index (Phi) is 3.38. The first kappa shape index (κ1) is 11.4. The van der Waals surface area contributed by atoms with Crippen LogP contribution in [0.3, 0.4) is 0 Å². The molecule has 1 aliphatic rings. The van der Waals surface area contributed by atoms with Gasteiger partial charge in [-0.05, 0) is 40.5 Å². The fraction of sp³-hybridized carbons (Fsp3) is 0.300. The largest absolute Gasteiger partial charge is 0.310 e. The highest BCUT2D eigenvalue weighted by Crippen LogP contribution is 2.33. The summed E-state index contributed by atoms with van der Waals surface area (Å²) in [6.07, 6.45) is 0.831. The summed E-state index contributed by atoms with van der Waals surface area (Å²) in [7, 11) is 0. The molecule has 1 saturated heterocycles. The van der Waals surface area contributed by atoms with Gasteiger partial charge in [0.15, 0.2) is 0 Å². The summed E-state index contributed by atoms with van der Waals surface area (Å²) in [6.45, 7) is 0.730. The van der Waals surface area contributed by atoms with Crippen molar-refractivity contribution in [2.45, 2.75) is 11.2 Å². The van der Waals surface area contributed by atoms with Gasteiger partial charge in [-0.1, -0.05) is 27.5 Å². The molecule has 1 aromatic rings. The minimum atomic E-state index is -0.0663. The second-order valence-corrected chi connectivity index (χ2v) is 5.74. The number of nitrogens with zero attached hydrogens (tertiary/aromatic N) is 1. The number of hydrogen-bond donors (Lipinski definition) is 0. The molecule has 0 N–H and O–H groups in total. The Labute approximate surface area is 110 Å². The smallest absolute Gasteiger partial charge is 0.240 e. The summed E-state index contributed by atoms with van der Waals surface area (Å²) in [6, 6.07) is 5.45. The number of amides is 1. The summed E-state index contributed by atoms with van der Waals surface area (Å²) in [5.41, 5.74) is 0.842. The molecule has 0 saturated carbocycles. The van der Waals surface area contributed by atoms with Crippen molar-refractivity contribution in [2.75, 3.05) is 11.4 Å². The van der Waals surface area contributed by atoms with Crippen molar-refractivity contribution in [3.05, 3.63) is 27.7 Å². The summed E-state index contributed by atoms with van der Waals surface area (Å²) in [4.78, 5) is 13.5. The number of carbonyl (C=O) groups excluding carboxylic acids is 1. The summed E-state index contributed by atoms with van der Waals surface area (Å²) >= 11 is 12.7. The topological polar surface area (TPSA) is 20.3 Å². The number of rotatable bonds is 1. The van der Waals surface area contributed by atoms with E-state index in [0.29, 0.717) is 5.02 Å². The minimum Gasteiger partial charge on any atom is -0.310 e. The first-order valence-corrected chi connectivity index (χ1v) is 6.59. The molecule has 1 aliphatic heterocycles. The molecule has 80 valence electrons. The molecule has 0 radical (unpaired) electrons. The van der Waals surface area contributed by atoms with E-state index in [1.165, 1.54) is 0 Å². The molecular formula is C10H8Br2ClNO. The predicted octanol–water partition coefficient (Wildman–Crippen LogP) is 3.60. The lowest BCUT2D eigenvalue weighted by Gasteiger charge is -2.17. The average Bonchev–Trinajstić information content (AvgIpc) is 2.52. The molecule has 0 aromatic heterocycles. The molecule has 5 heteroatoms. The zero-order valence-electron chi connectivity index (χ0n) is 7.71. The average molecular weight is 353 g/mol. The van der Waals surface area contributed by atoms with Crippen LogP contribution in [0.1, 0.15) is 6.42 Å². The van der Waals surface area contributed by atoms with Crippen molar-refractivity contribution in [3.8, 4) is 0 Å². The maximum Gasteiger partial charge on any atom is 0.240 e. The van der Waals surface area contributed by atoms with Gasteiger partial charge < -0.3 is 4.90 Å². The van der Waals surface area contributed by atoms with Crippen LogP contribution < -0.4 is 4.90 Å². The molecule has 0 spiro atoms. The van der Waals surface area contributed by atoms with Crippen LogP contribution in [0.4, 0.5) is 5.69 Å². The molecule has 2 rings (SSSR count). The van der Waals surface area contributed by atoms with Crippen LogP contribution in [0, 0.1) is 0 Å². The normalized spacial score (nSPS) is 21.1. The number of anilines is 1. The molecule has 2 nitrogen and oxygen atoms in total. The van der Waals surface area contributed by atoms with Crippen molar-refractivity contribution in [2.24, 2.45) is 0 Å². The number of alkyl halides is 1. The first-order chi connectivity index (χ1) is 7.09. The fourth-order valence-electron chi connectivity index (χ4n) is 1.58. The maximum atomic E-state index is 11.8. The molecule has 1 atom stereocenters. The van der Waals surface area contributed by atoms with E-state index >= 15 is 0 Å². The fourth-order valence-corrected chi connectivity index (χ4v) is 2.66. The second kappa shape index (κ2) is 4.44. The lowest BCUT2D eigenvalue weighted by Crippen LogP contribution is -2.27. The van der Waals surface area contributed by atoms with Gasteiger partial charge in [-0.15, -0.1) is 0 Å². The van der Waals surface area contributed by atoms with Crippen LogP contribution >= 0.6 is 43.5 Å². The van der Waals surface area contributed by atoms with Gasteiger partial charge in [0.1, 0.15) is 0 Å². The van der Waals surface area contributed by atoms with E-state index in [4.69, 9.17) is 11.6 Å². The van der Waals surface area contributed by atoms with E-state index in [1.54, 1.807) is 17.0 Å². The van der Waals surface area contributed by atoms with Crippen LogP contribution in [-0.4, -0.2) is 17.3 Å². The highest BCUT2D eigenvalue weighted by atomic mass is 79.9. The SMILES string of the molecule is O=C1C(Br)CCN1c1cc(Cl)ccc1Br. The van der Waals surface area contributed by atoms with Crippen LogP contribution in [0.5, 0.6) is 0 Å². The second-order valence-electron chi connectivity index (χ2n) is 3.34. The molecule has 1 fully saturated rings. The van der Waals surface area contributed by atoms with Gasteiger partial charge in [-0.25, -0.2) is 0 Å². The number of carbonyl (C=O) groups is 1. The van der Waals surface area contributed by atoms with Crippen molar-refractivity contribution in [1.29, 1.82) is 0 Å². The molecule has 1 heterocycles. The summed E-state index contributed by atoms with van der Waals surface area (Å²) in [5, 5.41) is 0.638. The third-order valence-electron chi connectivity index (χ3n) is 2.34. The lowest BCUT2D eigenvalue weighted by atomic mass is 10.3. The highest BCUT2D eigenvalue weighted by molar-refractivity contribution is 9.10. The van der Waals surface area contributed by atoms with E-state index in [9.17, 15) is 4.79 Å². The lowest BCUT2D eigenvalue weighted by molar-refractivity contribution is -0.116. The quantitative estimate of drug-likeness (QED) is 0.707. The van der Waals surface area contributed by atoms with Gasteiger partial charge in [0.2, 0.25) is 5.91 Å². The van der Waals surface area contributed by atoms with Gasteiger partial charge in [0.25, 0.3) is 0 Å². The van der Waals surface area contributed by atoms with E-state index in [2.05, 4.69) is 31.9 Å². The van der Waals surface area contributed by atoms with E-state index in [-0.39, 0.29) is 10.7 Å². The highest BCUT2D eigenvalue weighted by Gasteiger charge is 2.31. The van der Waals surface area contributed by atoms with E-state index < -0.39 is 0 Å². The van der Waals surface area contributed by atoms with E-state index in [1.807, 2.05) is 6.07 Å². The third-order valence-corrected chi connectivity index (χ3v) is 4.09. The summed E-state index contributed by atoms with van der Waals surface area (Å²) < 4.78 is 0.891. The van der Waals surface area contributed by atoms with Gasteiger partial charge in [-0.2, -0.15) is 0 Å². The van der Waals surface area contributed by atoms with Crippen molar-refractivity contribution >= 4 is 55.1 Å². The minimum absolute atomic E-state index is 0.0663. The molecule has 1 unspecified atom stereocenters. The van der Waals surface area contributed by atoms with Crippen LogP contribution in [0.15, 0.2) is 22.7 Å². The van der Waals surface area contributed by atoms with Gasteiger partial charge in [-0.3, -0.25) is 4.79 Å². The summed E-state index contributed by atoms with van der Waals surface area (Å²) in [5.74, 6) is 0.0953. The molecule has 0 bridgehead atoms. The van der Waals surface area contributed by atoms with Crippen LogP contribution in [0.2, 0.25) is 5.02 Å². The third kappa shape index (κ3) is 2.22. The Morgan fingerprint density at radius 2 is 2.20 bits per heavy atom. The van der Waals surface area contributed by atoms with Crippen molar-refractivity contribution in [1.82, 2.24) is 0 Å². The standard InChI is InChI=1S/C10H8Br2ClNO/c11-7-2-1-6(13)5-9(7)14-4-3-8(12)10(14)15/h1-2,5,8H,3-4H2. The Morgan fingerprint density at radius 3 is 2.80 bits per heavy atom. The van der Waals surface area contributed by atoms with Crippen LogP contribution in [-0.2, 0) is 4.79 Å². The molecule has 15 heavy (non-hydrogen) atoms. The van der Waals surface area contributed by atoms with Crippen molar-refractivity contribution < 1.29 is 4.79 Å². The first-order valence-electron chi connectivity index (χ1n) is 4.50. The molecule has 1 amide bonds. The zero-order chi connectivity index (χ0) is 11.0. The Bertz CT molecular complexity index is 410. The monoisotopic (exact) mass is 351 g/mol. The number of hydrogen-bond acceptors (Lipinski definition) is 1. The number of benzene rings is 1. The molecule has 0 aliphatic carbocycles. The van der Waals surface area contributed by atoms with Crippen LogP contribution in [0.25, 0.3) is 0 Å². The zero-order valence-corrected chi connectivity index (χ0v) is 11.6. The van der Waals surface area contributed by atoms with Crippen molar-refractivity contribution in [3.63, 3.8) is 0 Å². The predicted molar refractivity (Wildman–Crippen MR) is 68.8 cm³/mol. The number of halogens is 3. The van der Waals surface area contributed by atoms with Gasteiger partial charge >= 0.3 is 0 Å². The van der Waals surface area contributed by atoms with Gasteiger partial charge in [0, 0.05) is 16.0 Å². The molecular weight excluding hydrogens is 345 g/mol. The Morgan fingerprint density at radius 1 is 1.47 bits per heavy atom. The maximum absolute atomic E-state index is 11.8. The Hall–Kier alpha value is -0.0600. The van der Waals surface area contributed by atoms with Gasteiger partial charge in [0.05, 0.1) is 10.5 Å². The Balaban J connectivity index is 2.37.